The predicted octanol–water partition coefficient (Wildman–Crippen LogP) is 3.19. The van der Waals surface area contributed by atoms with Crippen LogP contribution in [0, 0.1) is 0 Å². The van der Waals surface area contributed by atoms with Crippen molar-refractivity contribution in [3.8, 4) is 11.5 Å². The summed E-state index contributed by atoms with van der Waals surface area (Å²) in [6.07, 6.45) is 1.04. The van der Waals surface area contributed by atoms with Crippen LogP contribution in [0.5, 0.6) is 11.5 Å². The van der Waals surface area contributed by atoms with Gasteiger partial charge < -0.3 is 20.1 Å². The molecule has 0 spiro atoms. The molecule has 0 atom stereocenters. The summed E-state index contributed by atoms with van der Waals surface area (Å²) in [6, 6.07) is 10.8. The summed E-state index contributed by atoms with van der Waals surface area (Å²) in [6.45, 7) is -3.10. The molecule has 2 aromatic rings. The number of rotatable bonds is 6. The zero-order valence-electron chi connectivity index (χ0n) is 13.6. The number of alkyl halides is 2. The van der Waals surface area contributed by atoms with Gasteiger partial charge in [-0.2, -0.15) is 8.78 Å². The molecule has 0 saturated carbocycles. The summed E-state index contributed by atoms with van der Waals surface area (Å²) in [5.41, 5.74) is 2.15. The molecule has 3 rings (SSSR count). The zero-order chi connectivity index (χ0) is 18.5. The first-order chi connectivity index (χ1) is 12.5. The number of anilines is 2. The van der Waals surface area contributed by atoms with Crippen molar-refractivity contribution in [3.05, 3.63) is 48.0 Å². The molecule has 1 heterocycles. The summed E-state index contributed by atoms with van der Waals surface area (Å²) in [5, 5.41) is 5.37. The maximum atomic E-state index is 12.1. The first kappa shape index (κ1) is 17.7. The molecule has 0 aromatic heterocycles. The van der Waals surface area contributed by atoms with Gasteiger partial charge in [0.2, 0.25) is 5.91 Å². The number of fused-ring (bicyclic) bond motifs is 1. The number of carbonyl (C=O) groups excluding carboxylic acids is 2. The molecule has 0 radical (unpaired) electrons. The van der Waals surface area contributed by atoms with E-state index in [2.05, 4.69) is 15.4 Å². The van der Waals surface area contributed by atoms with Gasteiger partial charge in [0.15, 0.2) is 6.61 Å². The summed E-state index contributed by atoms with van der Waals surface area (Å²) >= 11 is 0. The van der Waals surface area contributed by atoms with Gasteiger partial charge >= 0.3 is 6.61 Å². The second-order valence-electron chi connectivity index (χ2n) is 5.61. The van der Waals surface area contributed by atoms with E-state index < -0.39 is 12.5 Å². The van der Waals surface area contributed by atoms with Crippen LogP contribution in [-0.4, -0.2) is 25.0 Å². The number of benzene rings is 2. The topological polar surface area (TPSA) is 76.7 Å². The van der Waals surface area contributed by atoms with Crippen molar-refractivity contribution in [2.45, 2.75) is 19.5 Å². The number of amides is 2. The van der Waals surface area contributed by atoms with Crippen LogP contribution in [0.25, 0.3) is 0 Å². The van der Waals surface area contributed by atoms with Crippen LogP contribution >= 0.6 is 0 Å². The van der Waals surface area contributed by atoms with Crippen LogP contribution in [0.1, 0.15) is 12.0 Å². The summed E-state index contributed by atoms with van der Waals surface area (Å²) in [7, 11) is 0. The van der Waals surface area contributed by atoms with Gasteiger partial charge in [0.25, 0.3) is 5.91 Å². The van der Waals surface area contributed by atoms with Crippen molar-refractivity contribution in [1.29, 1.82) is 0 Å². The Hall–Kier alpha value is -3.16. The molecule has 2 aromatic carbocycles. The van der Waals surface area contributed by atoms with Crippen molar-refractivity contribution in [3.63, 3.8) is 0 Å². The molecule has 2 N–H and O–H groups in total. The minimum absolute atomic E-state index is 0.00963. The molecule has 0 bridgehead atoms. The number of aryl methyl sites for hydroxylation is 1. The average molecular weight is 362 g/mol. The molecule has 26 heavy (non-hydrogen) atoms. The van der Waals surface area contributed by atoms with E-state index in [4.69, 9.17) is 4.74 Å². The van der Waals surface area contributed by atoms with E-state index in [0.29, 0.717) is 24.3 Å². The predicted molar refractivity (Wildman–Crippen MR) is 90.6 cm³/mol. The highest BCUT2D eigenvalue weighted by atomic mass is 19.3. The van der Waals surface area contributed by atoms with E-state index in [1.807, 2.05) is 0 Å². The van der Waals surface area contributed by atoms with Gasteiger partial charge in [0.1, 0.15) is 11.5 Å². The fraction of sp³-hybridized carbons (Fsp3) is 0.222. The van der Waals surface area contributed by atoms with E-state index in [-0.39, 0.29) is 18.3 Å². The largest absolute Gasteiger partial charge is 0.484 e. The Morgan fingerprint density at radius 1 is 1.12 bits per heavy atom. The van der Waals surface area contributed by atoms with Gasteiger partial charge in [-0.05, 0) is 54.4 Å². The molecule has 0 unspecified atom stereocenters. The van der Waals surface area contributed by atoms with E-state index >= 15 is 0 Å². The number of ether oxygens (including phenoxy) is 2. The van der Waals surface area contributed by atoms with Gasteiger partial charge in [-0.25, -0.2) is 0 Å². The normalized spacial score (nSPS) is 13.0. The van der Waals surface area contributed by atoms with E-state index in [1.165, 1.54) is 24.3 Å². The maximum absolute atomic E-state index is 12.1. The third-order valence-corrected chi connectivity index (χ3v) is 3.71. The molecule has 1 aliphatic heterocycles. The van der Waals surface area contributed by atoms with Gasteiger partial charge in [0, 0.05) is 17.8 Å². The first-order valence-corrected chi connectivity index (χ1v) is 7.90. The third kappa shape index (κ3) is 4.69. The Morgan fingerprint density at radius 3 is 2.58 bits per heavy atom. The van der Waals surface area contributed by atoms with Crippen molar-refractivity contribution >= 4 is 23.2 Å². The second-order valence-corrected chi connectivity index (χ2v) is 5.61. The van der Waals surface area contributed by atoms with Gasteiger partial charge in [0.05, 0.1) is 0 Å². The molecule has 1 aliphatic rings. The number of nitrogens with one attached hydrogen (secondary N) is 2. The molecule has 0 aliphatic carbocycles. The quantitative estimate of drug-likeness (QED) is 0.827. The molecule has 2 amide bonds. The Morgan fingerprint density at radius 2 is 1.85 bits per heavy atom. The van der Waals surface area contributed by atoms with Crippen molar-refractivity contribution in [2.75, 3.05) is 17.2 Å². The fourth-order valence-corrected chi connectivity index (χ4v) is 2.52. The van der Waals surface area contributed by atoms with Gasteiger partial charge in [-0.15, -0.1) is 0 Å². The van der Waals surface area contributed by atoms with Crippen molar-refractivity contribution in [2.24, 2.45) is 0 Å². The number of hydrogen-bond donors (Lipinski definition) is 2. The standard InChI is InChI=1S/C18H16F2N2O4/c19-18(20)26-13-4-2-12(3-5-13)21-17(24)10-25-14-6-7-15-11(9-14)1-8-16(23)22-15/h2-7,9,18H,1,8,10H2,(H,21,24)(H,22,23). The Balaban J connectivity index is 1.52. The molecule has 136 valence electrons. The highest BCUT2D eigenvalue weighted by Crippen LogP contribution is 2.26. The second kappa shape index (κ2) is 7.81. The lowest BCUT2D eigenvalue weighted by Gasteiger charge is -2.17. The third-order valence-electron chi connectivity index (χ3n) is 3.71. The van der Waals surface area contributed by atoms with Crippen LogP contribution in [-0.2, 0) is 16.0 Å². The van der Waals surface area contributed by atoms with Crippen molar-refractivity contribution < 1.29 is 27.8 Å². The number of carbonyl (C=O) groups is 2. The first-order valence-electron chi connectivity index (χ1n) is 7.90. The molecular weight excluding hydrogens is 346 g/mol. The van der Waals surface area contributed by atoms with E-state index in [1.54, 1.807) is 18.2 Å². The minimum atomic E-state index is -2.89. The average Bonchev–Trinajstić information content (AvgIpc) is 2.61. The summed E-state index contributed by atoms with van der Waals surface area (Å²) < 4.78 is 33.9. The molecule has 6 nitrogen and oxygen atoms in total. The molecule has 0 fully saturated rings. The molecular formula is C18H16F2N2O4. The lowest BCUT2D eigenvalue weighted by atomic mass is 10.0. The van der Waals surface area contributed by atoms with Crippen LogP contribution in [0.2, 0.25) is 0 Å². The van der Waals surface area contributed by atoms with Crippen LogP contribution in [0.3, 0.4) is 0 Å². The maximum Gasteiger partial charge on any atom is 0.387 e. The zero-order valence-corrected chi connectivity index (χ0v) is 13.6. The van der Waals surface area contributed by atoms with E-state index in [0.717, 1.165) is 11.3 Å². The smallest absolute Gasteiger partial charge is 0.387 e. The van der Waals surface area contributed by atoms with Gasteiger partial charge in [-0.3, -0.25) is 9.59 Å². The molecule has 0 saturated heterocycles. The Kier molecular flexibility index (Phi) is 5.31. The van der Waals surface area contributed by atoms with Crippen LogP contribution < -0.4 is 20.1 Å². The monoisotopic (exact) mass is 362 g/mol. The highest BCUT2D eigenvalue weighted by Gasteiger charge is 2.15. The lowest BCUT2D eigenvalue weighted by molar-refractivity contribution is -0.118. The Labute approximate surface area is 148 Å². The van der Waals surface area contributed by atoms with Crippen LogP contribution in [0.4, 0.5) is 20.2 Å². The Bertz CT molecular complexity index is 809. The summed E-state index contributed by atoms with van der Waals surface area (Å²) in [4.78, 5) is 23.3. The lowest BCUT2D eigenvalue weighted by Crippen LogP contribution is -2.21. The van der Waals surface area contributed by atoms with Crippen LogP contribution in [0.15, 0.2) is 42.5 Å². The number of hydrogen-bond acceptors (Lipinski definition) is 4. The van der Waals surface area contributed by atoms with Gasteiger partial charge in [-0.1, -0.05) is 0 Å². The summed E-state index contributed by atoms with van der Waals surface area (Å²) in [5.74, 6) is 0.125. The van der Waals surface area contributed by atoms with Crippen molar-refractivity contribution in [1.82, 2.24) is 0 Å². The highest BCUT2D eigenvalue weighted by molar-refractivity contribution is 5.94. The SMILES string of the molecule is O=C(COc1ccc2c(c1)CCC(=O)N2)Nc1ccc(OC(F)F)cc1. The van der Waals surface area contributed by atoms with E-state index in [9.17, 15) is 18.4 Å². The number of halogens is 2. The fourth-order valence-electron chi connectivity index (χ4n) is 2.52. The molecule has 8 heteroatoms. The minimum Gasteiger partial charge on any atom is -0.484 e.